The summed E-state index contributed by atoms with van der Waals surface area (Å²) < 4.78 is 6.74. The van der Waals surface area contributed by atoms with Gasteiger partial charge >= 0.3 is 0 Å². The summed E-state index contributed by atoms with van der Waals surface area (Å²) >= 11 is 0. The van der Waals surface area contributed by atoms with Gasteiger partial charge in [0.05, 0.1) is 6.10 Å². The minimum Gasteiger partial charge on any atom is -0.359 e. The van der Waals surface area contributed by atoms with Gasteiger partial charge in [0, 0.05) is 18.8 Å². The van der Waals surface area contributed by atoms with Crippen LogP contribution in [0.4, 0.5) is 0 Å². The molecule has 1 aromatic rings. The summed E-state index contributed by atoms with van der Waals surface area (Å²) in [7, 11) is 0. The third-order valence-electron chi connectivity index (χ3n) is 2.47. The fraction of sp³-hybridized carbons (Fsp3) is 0.455. The molecule has 2 atom stereocenters. The van der Waals surface area contributed by atoms with E-state index < -0.39 is 0 Å². The molecule has 0 amide bonds. The Morgan fingerprint density at radius 3 is 2.60 bits per heavy atom. The lowest BCUT2D eigenvalue weighted by Gasteiger charge is -1.96. The molecule has 4 nitrogen and oxygen atoms in total. The maximum atomic E-state index is 11.7. The van der Waals surface area contributed by atoms with E-state index in [9.17, 15) is 9.59 Å². The molecular formula is C11H13NO3. The monoisotopic (exact) mass is 207 g/mol. The highest BCUT2D eigenvalue weighted by atomic mass is 16.6. The molecule has 0 spiro atoms. The third-order valence-corrected chi connectivity index (χ3v) is 2.47. The van der Waals surface area contributed by atoms with Gasteiger partial charge in [-0.15, -0.1) is 0 Å². The molecule has 0 N–H and O–H groups in total. The Morgan fingerprint density at radius 1 is 1.33 bits per heavy atom. The van der Waals surface area contributed by atoms with Crippen LogP contribution in [0, 0.1) is 0 Å². The van der Waals surface area contributed by atoms with E-state index in [1.165, 1.54) is 4.57 Å². The summed E-state index contributed by atoms with van der Waals surface area (Å²) in [6, 6.07) is 3.59. The largest absolute Gasteiger partial charge is 0.359 e. The Kier molecular flexibility index (Phi) is 2.68. The maximum absolute atomic E-state index is 11.7. The minimum atomic E-state index is -0.350. The van der Waals surface area contributed by atoms with Crippen LogP contribution >= 0.6 is 0 Å². The first-order valence-electron chi connectivity index (χ1n) is 5.00. The van der Waals surface area contributed by atoms with Crippen molar-refractivity contribution < 1.29 is 14.3 Å². The zero-order valence-corrected chi connectivity index (χ0v) is 8.55. The van der Waals surface area contributed by atoms with E-state index in [1.54, 1.807) is 31.5 Å². The van der Waals surface area contributed by atoms with Gasteiger partial charge in [0.15, 0.2) is 6.10 Å². The average molecular weight is 207 g/mol. The van der Waals surface area contributed by atoms with Crippen LogP contribution in [-0.4, -0.2) is 28.5 Å². The number of aromatic nitrogens is 1. The van der Waals surface area contributed by atoms with Crippen LogP contribution in [0.3, 0.4) is 0 Å². The SMILES string of the molecule is CC(=O)CC[C@H]1O[C@@H]1C(=O)n1cccc1. The van der Waals surface area contributed by atoms with Gasteiger partial charge < -0.3 is 9.53 Å². The van der Waals surface area contributed by atoms with Crippen LogP contribution < -0.4 is 0 Å². The number of carbonyl (C=O) groups excluding carboxylic acids is 2. The molecule has 0 saturated carbocycles. The molecule has 15 heavy (non-hydrogen) atoms. The van der Waals surface area contributed by atoms with E-state index >= 15 is 0 Å². The molecule has 0 radical (unpaired) electrons. The number of hydrogen-bond donors (Lipinski definition) is 0. The zero-order valence-electron chi connectivity index (χ0n) is 8.55. The van der Waals surface area contributed by atoms with Gasteiger partial charge in [0.25, 0.3) is 5.91 Å². The van der Waals surface area contributed by atoms with Crippen LogP contribution in [0.1, 0.15) is 24.6 Å². The Bertz CT molecular complexity index is 369. The second-order valence-electron chi connectivity index (χ2n) is 3.76. The summed E-state index contributed by atoms with van der Waals surface area (Å²) in [5, 5.41) is 0. The molecule has 1 aliphatic rings. The van der Waals surface area contributed by atoms with E-state index in [2.05, 4.69) is 0 Å². The lowest BCUT2D eigenvalue weighted by molar-refractivity contribution is -0.117. The standard InChI is InChI=1S/C11H13NO3/c1-8(13)4-5-9-10(15-9)11(14)12-6-2-3-7-12/h2-3,6-7,9-10H,4-5H2,1H3/t9-,10+/m1/s1. The smallest absolute Gasteiger partial charge is 0.262 e. The predicted octanol–water partition coefficient (Wildman–Crippen LogP) is 1.26. The molecule has 4 heteroatoms. The van der Waals surface area contributed by atoms with Crippen molar-refractivity contribution in [1.82, 2.24) is 4.57 Å². The molecular weight excluding hydrogens is 194 g/mol. The van der Waals surface area contributed by atoms with E-state index in [1.807, 2.05) is 0 Å². The summed E-state index contributed by atoms with van der Waals surface area (Å²) in [6.07, 6.45) is 4.12. The summed E-state index contributed by atoms with van der Waals surface area (Å²) in [4.78, 5) is 22.4. The molecule has 0 unspecified atom stereocenters. The average Bonchev–Trinajstić information content (AvgIpc) is 2.76. The molecule has 2 rings (SSSR count). The van der Waals surface area contributed by atoms with Crippen LogP contribution in [-0.2, 0) is 9.53 Å². The van der Waals surface area contributed by atoms with Gasteiger partial charge in [-0.1, -0.05) is 0 Å². The second-order valence-corrected chi connectivity index (χ2v) is 3.76. The van der Waals surface area contributed by atoms with Crippen molar-refractivity contribution in [2.24, 2.45) is 0 Å². The van der Waals surface area contributed by atoms with E-state index in [0.29, 0.717) is 12.8 Å². The van der Waals surface area contributed by atoms with Crippen LogP contribution in [0.15, 0.2) is 24.5 Å². The minimum absolute atomic E-state index is 0.0476. The molecule has 0 bridgehead atoms. The van der Waals surface area contributed by atoms with Crippen molar-refractivity contribution in [2.45, 2.75) is 32.0 Å². The van der Waals surface area contributed by atoms with Crippen molar-refractivity contribution in [3.05, 3.63) is 24.5 Å². The van der Waals surface area contributed by atoms with Gasteiger partial charge in [0.2, 0.25) is 0 Å². The highest BCUT2D eigenvalue weighted by molar-refractivity contribution is 5.86. The van der Waals surface area contributed by atoms with E-state index in [4.69, 9.17) is 4.74 Å². The number of ketones is 1. The lowest BCUT2D eigenvalue weighted by atomic mass is 10.1. The van der Waals surface area contributed by atoms with Crippen molar-refractivity contribution in [2.75, 3.05) is 0 Å². The highest BCUT2D eigenvalue weighted by Crippen LogP contribution is 2.28. The molecule has 1 fully saturated rings. The van der Waals surface area contributed by atoms with Gasteiger partial charge in [-0.2, -0.15) is 0 Å². The fourth-order valence-corrected chi connectivity index (χ4v) is 1.55. The Hall–Kier alpha value is -1.42. The maximum Gasteiger partial charge on any atom is 0.262 e. The zero-order chi connectivity index (χ0) is 10.8. The van der Waals surface area contributed by atoms with Crippen LogP contribution in [0.2, 0.25) is 0 Å². The number of epoxide rings is 1. The van der Waals surface area contributed by atoms with Crippen molar-refractivity contribution in [1.29, 1.82) is 0 Å². The molecule has 2 heterocycles. The highest BCUT2D eigenvalue weighted by Gasteiger charge is 2.44. The van der Waals surface area contributed by atoms with Crippen molar-refractivity contribution >= 4 is 11.7 Å². The molecule has 80 valence electrons. The van der Waals surface area contributed by atoms with Crippen LogP contribution in [0.5, 0.6) is 0 Å². The number of carbonyl (C=O) groups is 2. The number of hydrogen-bond acceptors (Lipinski definition) is 3. The Morgan fingerprint density at radius 2 is 2.00 bits per heavy atom. The van der Waals surface area contributed by atoms with E-state index in [-0.39, 0.29) is 23.9 Å². The van der Waals surface area contributed by atoms with Gasteiger partial charge in [-0.25, -0.2) is 0 Å². The van der Waals surface area contributed by atoms with Crippen LogP contribution in [0.25, 0.3) is 0 Å². The van der Waals surface area contributed by atoms with E-state index in [0.717, 1.165) is 0 Å². The molecule has 1 aliphatic heterocycles. The number of rotatable bonds is 4. The van der Waals surface area contributed by atoms with Crippen molar-refractivity contribution in [3.8, 4) is 0 Å². The molecule has 1 aromatic heterocycles. The predicted molar refractivity (Wildman–Crippen MR) is 53.6 cm³/mol. The first-order chi connectivity index (χ1) is 7.18. The topological polar surface area (TPSA) is 51.6 Å². The molecule has 0 aromatic carbocycles. The summed E-state index contributed by atoms with van der Waals surface area (Å²) in [5.41, 5.74) is 0. The number of Topliss-reactive ketones (excluding diaryl/α,β-unsaturated/α-hetero) is 1. The second kappa shape index (κ2) is 3.98. The normalized spacial score (nSPS) is 23.8. The molecule has 1 saturated heterocycles. The summed E-state index contributed by atoms with van der Waals surface area (Å²) in [5.74, 6) is 0.0891. The number of nitrogens with zero attached hydrogens (tertiary/aromatic N) is 1. The first kappa shape index (κ1) is 10.1. The quantitative estimate of drug-likeness (QED) is 0.698. The van der Waals surface area contributed by atoms with Crippen molar-refractivity contribution in [3.63, 3.8) is 0 Å². The van der Waals surface area contributed by atoms with Gasteiger partial charge in [0.1, 0.15) is 5.78 Å². The lowest BCUT2D eigenvalue weighted by Crippen LogP contribution is -2.17. The first-order valence-corrected chi connectivity index (χ1v) is 5.00. The number of ether oxygens (including phenoxy) is 1. The molecule has 0 aliphatic carbocycles. The Labute approximate surface area is 87.8 Å². The van der Waals surface area contributed by atoms with Gasteiger partial charge in [-0.05, 0) is 25.5 Å². The third kappa shape index (κ3) is 2.33. The Balaban J connectivity index is 1.84. The fourth-order valence-electron chi connectivity index (χ4n) is 1.55. The van der Waals surface area contributed by atoms with Gasteiger partial charge in [-0.3, -0.25) is 9.36 Å². The summed E-state index contributed by atoms with van der Waals surface area (Å²) in [6.45, 7) is 1.55.